The number of amidine groups is 1. The van der Waals surface area contributed by atoms with Crippen molar-refractivity contribution in [2.75, 3.05) is 33.2 Å². The minimum absolute atomic E-state index is 0.00980. The van der Waals surface area contributed by atoms with Gasteiger partial charge in [-0.05, 0) is 25.5 Å². The highest BCUT2D eigenvalue weighted by Crippen LogP contribution is 2.27. The predicted octanol–water partition coefficient (Wildman–Crippen LogP) is 2.24. The molecule has 2 heterocycles. The fraction of sp³-hybridized carbons (Fsp3) is 0.500. The number of halogens is 1. The van der Waals surface area contributed by atoms with Gasteiger partial charge in [-0.3, -0.25) is 14.7 Å². The SMILES string of the molecule is C/C=C/C1=N[C@@H](C2C=CC(Cl)=CC2)CN1C(=O)N1CCN(C)C(=O)C1. The molecule has 2 atom stereocenters. The van der Waals surface area contributed by atoms with Gasteiger partial charge in [-0.1, -0.05) is 29.8 Å². The zero-order valence-corrected chi connectivity index (χ0v) is 15.3. The van der Waals surface area contributed by atoms with E-state index in [4.69, 9.17) is 16.6 Å². The second-order valence-corrected chi connectivity index (χ2v) is 6.97. The second-order valence-electron chi connectivity index (χ2n) is 6.53. The topological polar surface area (TPSA) is 56.2 Å². The third-order valence-electron chi connectivity index (χ3n) is 4.80. The second kappa shape index (κ2) is 7.44. The predicted molar refractivity (Wildman–Crippen MR) is 98.5 cm³/mol. The van der Waals surface area contributed by atoms with Gasteiger partial charge in [0.25, 0.3) is 0 Å². The Labute approximate surface area is 153 Å². The first-order valence-corrected chi connectivity index (χ1v) is 8.92. The molecule has 1 aliphatic carbocycles. The molecule has 2 aliphatic heterocycles. The molecule has 0 aromatic rings. The summed E-state index contributed by atoms with van der Waals surface area (Å²) in [6.45, 7) is 3.67. The molecular formula is C18H23ClN4O2. The summed E-state index contributed by atoms with van der Waals surface area (Å²) in [5.41, 5.74) is 0. The van der Waals surface area contributed by atoms with Crippen molar-refractivity contribution < 1.29 is 9.59 Å². The lowest BCUT2D eigenvalue weighted by molar-refractivity contribution is -0.133. The van der Waals surface area contributed by atoms with Crippen LogP contribution in [0.1, 0.15) is 13.3 Å². The highest BCUT2D eigenvalue weighted by Gasteiger charge is 2.36. The van der Waals surface area contributed by atoms with Gasteiger partial charge in [-0.25, -0.2) is 4.79 Å². The number of nitrogens with zero attached hydrogens (tertiary/aromatic N) is 4. The fourth-order valence-corrected chi connectivity index (χ4v) is 3.40. The molecule has 0 aromatic carbocycles. The van der Waals surface area contributed by atoms with Gasteiger partial charge in [0.2, 0.25) is 5.91 Å². The average Bonchev–Trinajstić information content (AvgIpc) is 3.01. The molecule has 1 saturated heterocycles. The molecular weight excluding hydrogens is 340 g/mol. The third-order valence-corrected chi connectivity index (χ3v) is 5.08. The van der Waals surface area contributed by atoms with Gasteiger partial charge in [-0.15, -0.1) is 0 Å². The minimum atomic E-state index is -0.144. The van der Waals surface area contributed by atoms with Crippen LogP contribution in [-0.2, 0) is 4.79 Å². The van der Waals surface area contributed by atoms with E-state index in [0.29, 0.717) is 25.5 Å². The molecule has 0 bridgehead atoms. The van der Waals surface area contributed by atoms with Crippen molar-refractivity contribution in [3.63, 3.8) is 0 Å². The van der Waals surface area contributed by atoms with Crippen LogP contribution in [0.5, 0.6) is 0 Å². The van der Waals surface area contributed by atoms with Crippen molar-refractivity contribution in [3.05, 3.63) is 35.4 Å². The molecule has 0 N–H and O–H groups in total. The summed E-state index contributed by atoms with van der Waals surface area (Å²) in [4.78, 5) is 34.5. The van der Waals surface area contributed by atoms with E-state index in [9.17, 15) is 9.59 Å². The normalized spacial score (nSPS) is 27.2. The number of carbonyl (C=O) groups is 2. The maximum absolute atomic E-state index is 12.9. The van der Waals surface area contributed by atoms with Crippen LogP contribution in [0.25, 0.3) is 0 Å². The largest absolute Gasteiger partial charge is 0.342 e. The number of hydrogen-bond donors (Lipinski definition) is 0. The van der Waals surface area contributed by atoms with Crippen LogP contribution in [0.4, 0.5) is 4.79 Å². The van der Waals surface area contributed by atoms with E-state index in [1.54, 1.807) is 21.7 Å². The van der Waals surface area contributed by atoms with Gasteiger partial charge < -0.3 is 9.80 Å². The number of urea groups is 1. The van der Waals surface area contributed by atoms with Crippen molar-refractivity contribution >= 4 is 29.4 Å². The van der Waals surface area contributed by atoms with Crippen LogP contribution in [0.3, 0.4) is 0 Å². The maximum Gasteiger partial charge on any atom is 0.326 e. The van der Waals surface area contributed by atoms with E-state index in [-0.39, 0.29) is 30.4 Å². The van der Waals surface area contributed by atoms with E-state index < -0.39 is 0 Å². The van der Waals surface area contributed by atoms with E-state index in [1.807, 2.05) is 31.2 Å². The Kier molecular flexibility index (Phi) is 5.27. The summed E-state index contributed by atoms with van der Waals surface area (Å²) < 4.78 is 0. The van der Waals surface area contributed by atoms with Gasteiger partial charge >= 0.3 is 6.03 Å². The molecule has 134 valence electrons. The summed E-state index contributed by atoms with van der Waals surface area (Å²) in [6.07, 6.45) is 10.5. The number of piperazine rings is 1. The molecule has 1 fully saturated rings. The summed E-state index contributed by atoms with van der Waals surface area (Å²) in [5, 5.41) is 0.746. The lowest BCUT2D eigenvalue weighted by Gasteiger charge is -2.34. The van der Waals surface area contributed by atoms with Gasteiger partial charge in [-0.2, -0.15) is 0 Å². The number of amides is 3. The summed E-state index contributed by atoms with van der Waals surface area (Å²) in [7, 11) is 1.76. The first-order valence-electron chi connectivity index (χ1n) is 8.54. The van der Waals surface area contributed by atoms with E-state index in [1.165, 1.54) is 0 Å². The number of allylic oxidation sites excluding steroid dienone is 4. The van der Waals surface area contributed by atoms with Crippen LogP contribution in [-0.4, -0.2) is 71.7 Å². The van der Waals surface area contributed by atoms with Crippen molar-refractivity contribution in [1.82, 2.24) is 14.7 Å². The average molecular weight is 363 g/mol. The van der Waals surface area contributed by atoms with Crippen LogP contribution in [0.15, 0.2) is 40.4 Å². The number of rotatable bonds is 2. The Hall–Kier alpha value is -2.08. The van der Waals surface area contributed by atoms with Crippen LogP contribution in [0.2, 0.25) is 0 Å². The van der Waals surface area contributed by atoms with Crippen molar-refractivity contribution in [2.24, 2.45) is 10.9 Å². The highest BCUT2D eigenvalue weighted by atomic mass is 35.5. The van der Waals surface area contributed by atoms with E-state index >= 15 is 0 Å². The Bertz CT molecular complexity index is 683. The van der Waals surface area contributed by atoms with Crippen LogP contribution in [0, 0.1) is 5.92 Å². The Morgan fingerprint density at radius 1 is 1.40 bits per heavy atom. The molecule has 0 saturated carbocycles. The maximum atomic E-state index is 12.9. The molecule has 6 nitrogen and oxygen atoms in total. The van der Waals surface area contributed by atoms with Gasteiger partial charge in [0.15, 0.2) is 0 Å². The first-order chi connectivity index (χ1) is 12.0. The highest BCUT2D eigenvalue weighted by molar-refractivity contribution is 6.31. The number of aliphatic imine (C=N–C) groups is 1. The van der Waals surface area contributed by atoms with Crippen LogP contribution < -0.4 is 0 Å². The summed E-state index contributed by atoms with van der Waals surface area (Å²) >= 11 is 5.99. The van der Waals surface area contributed by atoms with Crippen molar-refractivity contribution in [3.8, 4) is 0 Å². The summed E-state index contributed by atoms with van der Waals surface area (Å²) in [5.74, 6) is 0.863. The quantitative estimate of drug-likeness (QED) is 0.756. The van der Waals surface area contributed by atoms with Crippen LogP contribution >= 0.6 is 11.6 Å². The van der Waals surface area contributed by atoms with Gasteiger partial charge in [0.1, 0.15) is 12.4 Å². The lowest BCUT2D eigenvalue weighted by atomic mass is 9.93. The van der Waals surface area contributed by atoms with Gasteiger partial charge in [0.05, 0.1) is 12.6 Å². The molecule has 0 aromatic heterocycles. The smallest absolute Gasteiger partial charge is 0.326 e. The zero-order valence-electron chi connectivity index (χ0n) is 14.6. The molecule has 0 radical (unpaired) electrons. The fourth-order valence-electron chi connectivity index (χ4n) is 3.24. The molecule has 7 heteroatoms. The van der Waals surface area contributed by atoms with Gasteiger partial charge in [0, 0.05) is 31.1 Å². The molecule has 3 amide bonds. The minimum Gasteiger partial charge on any atom is -0.342 e. The lowest BCUT2D eigenvalue weighted by Crippen LogP contribution is -2.55. The first kappa shape index (κ1) is 17.7. The van der Waals surface area contributed by atoms with Crippen molar-refractivity contribution in [2.45, 2.75) is 19.4 Å². The molecule has 25 heavy (non-hydrogen) atoms. The van der Waals surface area contributed by atoms with Crippen molar-refractivity contribution in [1.29, 1.82) is 0 Å². The third kappa shape index (κ3) is 3.79. The Balaban J connectivity index is 1.73. The summed E-state index contributed by atoms with van der Waals surface area (Å²) in [6, 6.07) is -0.134. The molecule has 0 spiro atoms. The van der Waals surface area contributed by atoms with E-state index in [2.05, 4.69) is 6.08 Å². The number of carbonyl (C=O) groups excluding carboxylic acids is 2. The molecule has 3 aliphatic rings. The standard InChI is InChI=1S/C18H23ClN4O2/c1-3-4-16-20-15(13-5-7-14(19)8-6-13)11-23(16)18(25)22-10-9-21(2)17(24)12-22/h3-5,7-8,13,15H,6,9-12H2,1-2H3/b4-3+/t13?,15-/m1/s1. The van der Waals surface area contributed by atoms with E-state index in [0.717, 1.165) is 11.5 Å². The molecule has 3 rings (SSSR count). The number of hydrogen-bond acceptors (Lipinski definition) is 3. The Morgan fingerprint density at radius 2 is 2.20 bits per heavy atom. The monoisotopic (exact) mass is 362 g/mol. The molecule has 1 unspecified atom stereocenters. The Morgan fingerprint density at radius 3 is 2.84 bits per heavy atom. The number of likely N-dealkylation sites (N-methyl/N-ethyl adjacent to an activating group) is 1. The zero-order chi connectivity index (χ0) is 18.0.